The summed E-state index contributed by atoms with van der Waals surface area (Å²) in [5.41, 5.74) is 8.51. The van der Waals surface area contributed by atoms with Gasteiger partial charge in [-0.15, -0.1) is 0 Å². The fourth-order valence-electron chi connectivity index (χ4n) is 1.91. The van der Waals surface area contributed by atoms with E-state index in [0.29, 0.717) is 6.10 Å². The van der Waals surface area contributed by atoms with E-state index >= 15 is 0 Å². The third-order valence-corrected chi connectivity index (χ3v) is 2.79. The molecule has 76 valence electrons. The monoisotopic (exact) mass is 191 g/mol. The molecule has 1 aliphatic rings. The minimum absolute atomic E-state index is 0.163. The highest BCUT2D eigenvalue weighted by atomic mass is 16.5. The second kappa shape index (κ2) is 3.62. The van der Waals surface area contributed by atoms with Gasteiger partial charge in [0, 0.05) is 12.5 Å². The number of hydrogen-bond donors (Lipinski definition) is 1. The molecule has 2 nitrogen and oxygen atoms in total. The Morgan fingerprint density at radius 2 is 2.36 bits per heavy atom. The van der Waals surface area contributed by atoms with E-state index in [1.807, 2.05) is 6.07 Å². The summed E-state index contributed by atoms with van der Waals surface area (Å²) in [5.74, 6) is 1.03. The van der Waals surface area contributed by atoms with Gasteiger partial charge < -0.3 is 10.5 Å². The van der Waals surface area contributed by atoms with Crippen molar-refractivity contribution in [3.8, 4) is 5.75 Å². The molecular weight excluding hydrogens is 174 g/mol. The molecule has 2 unspecified atom stereocenters. The lowest BCUT2D eigenvalue weighted by Crippen LogP contribution is -2.08. The topological polar surface area (TPSA) is 35.2 Å². The van der Waals surface area contributed by atoms with Crippen LogP contribution in [0.3, 0.4) is 0 Å². The van der Waals surface area contributed by atoms with E-state index in [1.54, 1.807) is 0 Å². The molecule has 0 radical (unpaired) electrons. The first-order chi connectivity index (χ1) is 6.70. The molecule has 0 fully saturated rings. The van der Waals surface area contributed by atoms with Crippen LogP contribution in [0.25, 0.3) is 0 Å². The largest absolute Gasteiger partial charge is 0.490 e. The molecule has 0 aliphatic carbocycles. The maximum atomic E-state index is 5.98. The zero-order valence-electron chi connectivity index (χ0n) is 8.79. The van der Waals surface area contributed by atoms with Gasteiger partial charge in [-0.3, -0.25) is 0 Å². The van der Waals surface area contributed by atoms with Crippen molar-refractivity contribution in [1.29, 1.82) is 0 Å². The Morgan fingerprint density at radius 1 is 1.57 bits per heavy atom. The van der Waals surface area contributed by atoms with Crippen molar-refractivity contribution < 1.29 is 4.74 Å². The van der Waals surface area contributed by atoms with Crippen molar-refractivity contribution in [2.45, 2.75) is 38.8 Å². The Morgan fingerprint density at radius 3 is 3.07 bits per heavy atom. The highest BCUT2D eigenvalue weighted by molar-refractivity contribution is 5.41. The quantitative estimate of drug-likeness (QED) is 0.779. The Bertz CT molecular complexity index is 335. The lowest BCUT2D eigenvalue weighted by molar-refractivity contribution is 0.254. The standard InChI is InChI=1S/C12H17NO/c1-3-11(13)9-4-5-12-10(7-9)6-8(2)14-12/h4-5,7-8,11H,3,6,13H2,1-2H3. The third kappa shape index (κ3) is 1.62. The maximum Gasteiger partial charge on any atom is 0.123 e. The van der Waals surface area contributed by atoms with E-state index in [-0.39, 0.29) is 6.04 Å². The Labute approximate surface area is 85.1 Å². The van der Waals surface area contributed by atoms with Crippen LogP contribution in [0.5, 0.6) is 5.75 Å². The first-order valence-electron chi connectivity index (χ1n) is 5.25. The zero-order chi connectivity index (χ0) is 10.1. The first kappa shape index (κ1) is 9.53. The van der Waals surface area contributed by atoms with Crippen LogP contribution in [0.1, 0.15) is 37.4 Å². The smallest absolute Gasteiger partial charge is 0.123 e. The summed E-state index contributed by atoms with van der Waals surface area (Å²) in [7, 11) is 0. The molecular formula is C12H17NO. The normalized spacial score (nSPS) is 21.5. The molecule has 0 saturated heterocycles. The number of rotatable bonds is 2. The van der Waals surface area contributed by atoms with Crippen LogP contribution in [-0.2, 0) is 6.42 Å². The summed E-state index contributed by atoms with van der Waals surface area (Å²) in [6.45, 7) is 4.20. The molecule has 2 atom stereocenters. The summed E-state index contributed by atoms with van der Waals surface area (Å²) < 4.78 is 5.63. The van der Waals surface area contributed by atoms with Gasteiger partial charge in [-0.25, -0.2) is 0 Å². The number of benzene rings is 1. The van der Waals surface area contributed by atoms with E-state index in [4.69, 9.17) is 10.5 Å². The van der Waals surface area contributed by atoms with E-state index in [0.717, 1.165) is 18.6 Å². The molecule has 1 aliphatic heterocycles. The number of hydrogen-bond acceptors (Lipinski definition) is 2. The summed E-state index contributed by atoms with van der Waals surface area (Å²) in [4.78, 5) is 0. The molecule has 0 aromatic heterocycles. The fraction of sp³-hybridized carbons (Fsp3) is 0.500. The van der Waals surface area contributed by atoms with Gasteiger partial charge in [0.2, 0.25) is 0 Å². The molecule has 1 aromatic rings. The van der Waals surface area contributed by atoms with E-state index in [9.17, 15) is 0 Å². The lowest BCUT2D eigenvalue weighted by atomic mass is 10.0. The van der Waals surface area contributed by atoms with Crippen molar-refractivity contribution in [1.82, 2.24) is 0 Å². The number of nitrogens with two attached hydrogens (primary N) is 1. The van der Waals surface area contributed by atoms with Gasteiger partial charge >= 0.3 is 0 Å². The van der Waals surface area contributed by atoms with Gasteiger partial charge in [-0.05, 0) is 30.5 Å². The minimum Gasteiger partial charge on any atom is -0.490 e. The molecule has 2 N–H and O–H groups in total. The van der Waals surface area contributed by atoms with Crippen molar-refractivity contribution in [2.75, 3.05) is 0 Å². The molecule has 0 bridgehead atoms. The van der Waals surface area contributed by atoms with Crippen molar-refractivity contribution in [3.05, 3.63) is 29.3 Å². The van der Waals surface area contributed by atoms with E-state index < -0.39 is 0 Å². The predicted octanol–water partition coefficient (Wildman–Crippen LogP) is 2.42. The third-order valence-electron chi connectivity index (χ3n) is 2.79. The van der Waals surface area contributed by atoms with Crippen LogP contribution in [0.15, 0.2) is 18.2 Å². The molecule has 2 heteroatoms. The van der Waals surface area contributed by atoms with Crippen LogP contribution in [0.4, 0.5) is 0 Å². The van der Waals surface area contributed by atoms with Crippen molar-refractivity contribution in [2.24, 2.45) is 5.73 Å². The summed E-state index contributed by atoms with van der Waals surface area (Å²) in [6.07, 6.45) is 2.31. The average molecular weight is 191 g/mol. The molecule has 2 rings (SSSR count). The molecule has 1 aromatic carbocycles. The van der Waals surface area contributed by atoms with Crippen molar-refractivity contribution in [3.63, 3.8) is 0 Å². The highest BCUT2D eigenvalue weighted by Gasteiger charge is 2.19. The first-order valence-corrected chi connectivity index (χ1v) is 5.25. The molecule has 1 heterocycles. The van der Waals surface area contributed by atoms with Gasteiger partial charge in [0.25, 0.3) is 0 Å². The summed E-state index contributed by atoms with van der Waals surface area (Å²) in [5, 5.41) is 0. The zero-order valence-corrected chi connectivity index (χ0v) is 8.79. The van der Waals surface area contributed by atoms with Crippen LogP contribution in [0, 0.1) is 0 Å². The van der Waals surface area contributed by atoms with Gasteiger partial charge in [-0.1, -0.05) is 19.1 Å². The van der Waals surface area contributed by atoms with E-state index in [1.165, 1.54) is 11.1 Å². The molecule has 0 saturated carbocycles. The molecule has 14 heavy (non-hydrogen) atoms. The second-order valence-corrected chi connectivity index (χ2v) is 4.01. The van der Waals surface area contributed by atoms with Gasteiger partial charge in [0.05, 0.1) is 0 Å². The van der Waals surface area contributed by atoms with Crippen LogP contribution >= 0.6 is 0 Å². The molecule has 0 amide bonds. The summed E-state index contributed by atoms with van der Waals surface area (Å²) in [6, 6.07) is 6.47. The van der Waals surface area contributed by atoms with Crippen LogP contribution in [0.2, 0.25) is 0 Å². The second-order valence-electron chi connectivity index (χ2n) is 4.01. The fourth-order valence-corrected chi connectivity index (χ4v) is 1.91. The number of ether oxygens (including phenoxy) is 1. The summed E-state index contributed by atoms with van der Waals surface area (Å²) >= 11 is 0. The van der Waals surface area contributed by atoms with Gasteiger partial charge in [-0.2, -0.15) is 0 Å². The Kier molecular flexibility index (Phi) is 2.46. The Balaban J connectivity index is 2.28. The molecule has 0 spiro atoms. The predicted molar refractivity (Wildman–Crippen MR) is 57.5 cm³/mol. The van der Waals surface area contributed by atoms with Gasteiger partial charge in [0.15, 0.2) is 0 Å². The van der Waals surface area contributed by atoms with Crippen molar-refractivity contribution >= 4 is 0 Å². The average Bonchev–Trinajstić information content (AvgIpc) is 2.55. The van der Waals surface area contributed by atoms with Crippen LogP contribution in [-0.4, -0.2) is 6.10 Å². The highest BCUT2D eigenvalue weighted by Crippen LogP contribution is 2.31. The van der Waals surface area contributed by atoms with E-state index in [2.05, 4.69) is 26.0 Å². The number of fused-ring (bicyclic) bond motifs is 1. The van der Waals surface area contributed by atoms with Gasteiger partial charge in [0.1, 0.15) is 11.9 Å². The maximum absolute atomic E-state index is 5.98. The SMILES string of the molecule is CCC(N)c1ccc2c(c1)CC(C)O2. The minimum atomic E-state index is 0.163. The Hall–Kier alpha value is -1.02. The lowest BCUT2D eigenvalue weighted by Gasteiger charge is -2.10. The van der Waals surface area contributed by atoms with Crippen LogP contribution < -0.4 is 10.5 Å².